The van der Waals surface area contributed by atoms with Crippen molar-refractivity contribution in [3.8, 4) is 0 Å². The van der Waals surface area contributed by atoms with E-state index in [1.54, 1.807) is 21.6 Å². The molecule has 2 aromatic rings. The molecule has 3 aliphatic heterocycles. The van der Waals surface area contributed by atoms with Crippen molar-refractivity contribution in [2.24, 2.45) is 5.92 Å². The number of nitrogens with one attached hydrogen (secondary N) is 1. The molecule has 2 aromatic heterocycles. The molecule has 5 rings (SSSR count). The second kappa shape index (κ2) is 6.46. The normalized spacial score (nSPS) is 25.3. The number of aryl methyl sites for hydroxylation is 1. The molecule has 1 unspecified atom stereocenters. The lowest BCUT2D eigenvalue weighted by molar-refractivity contribution is 0.0617. The highest BCUT2D eigenvalue weighted by Gasteiger charge is 2.35. The molecule has 0 radical (unpaired) electrons. The Bertz CT molecular complexity index is 789. The maximum atomic E-state index is 12.5. The van der Waals surface area contributed by atoms with Gasteiger partial charge in [0, 0.05) is 18.8 Å². The Hall–Kier alpha value is -1.86. The van der Waals surface area contributed by atoms with Crippen LogP contribution >= 0.6 is 11.6 Å². The zero-order chi connectivity index (χ0) is 17.6. The van der Waals surface area contributed by atoms with Crippen LogP contribution in [0.1, 0.15) is 34.7 Å². The molecule has 0 aromatic carbocycles. The van der Waals surface area contributed by atoms with Crippen LogP contribution < -0.4 is 5.32 Å². The molecule has 8 heteroatoms. The summed E-state index contributed by atoms with van der Waals surface area (Å²) in [6, 6.07) is 2.00. The third-order valence-corrected chi connectivity index (χ3v) is 5.96. The number of nitrogens with zero attached hydrogens (tertiary/aromatic N) is 5. The highest BCUT2D eigenvalue weighted by molar-refractivity contribution is 6.31. The van der Waals surface area contributed by atoms with Crippen molar-refractivity contribution in [1.82, 2.24) is 29.8 Å². The zero-order valence-corrected chi connectivity index (χ0v) is 15.3. The van der Waals surface area contributed by atoms with Crippen LogP contribution in [0.15, 0.2) is 12.3 Å². The number of rotatable bonds is 4. The van der Waals surface area contributed by atoms with Crippen molar-refractivity contribution >= 4 is 17.5 Å². The molecule has 134 valence electrons. The summed E-state index contributed by atoms with van der Waals surface area (Å²) in [5.74, 6) is 0.511. The summed E-state index contributed by atoms with van der Waals surface area (Å²) in [5, 5.41) is 12.6. The highest BCUT2D eigenvalue weighted by atomic mass is 35.5. The molecule has 7 nitrogen and oxygen atoms in total. The molecule has 1 amide bonds. The summed E-state index contributed by atoms with van der Waals surface area (Å²) >= 11 is 6.18. The van der Waals surface area contributed by atoms with Crippen LogP contribution in [-0.4, -0.2) is 56.0 Å². The van der Waals surface area contributed by atoms with Crippen LogP contribution in [-0.2, 0) is 6.67 Å². The van der Waals surface area contributed by atoms with Crippen LogP contribution in [0.25, 0.3) is 0 Å². The molecule has 3 fully saturated rings. The van der Waals surface area contributed by atoms with Crippen molar-refractivity contribution in [3.63, 3.8) is 0 Å². The third kappa shape index (κ3) is 3.18. The van der Waals surface area contributed by atoms with Crippen molar-refractivity contribution in [2.75, 3.05) is 19.6 Å². The minimum Gasteiger partial charge on any atom is -0.346 e. The molecule has 5 heterocycles. The summed E-state index contributed by atoms with van der Waals surface area (Å²) in [6.45, 7) is 7.52. The standard InChI is InChI=1S/C17H23ClN6O/c1-11-16(18)12(2)24(20-11)10-23-8-5-14(21-23)17(25)19-15-9-22-6-3-13(15)4-7-22/h5,8,13,15H,3-4,6-7,9-10H2,1-2H3,(H,19,25). The number of carbonyl (C=O) groups excluding carboxylic acids is 1. The number of amides is 1. The lowest BCUT2D eigenvalue weighted by Gasteiger charge is -2.44. The first-order chi connectivity index (χ1) is 12.0. The van der Waals surface area contributed by atoms with Gasteiger partial charge in [-0.2, -0.15) is 10.2 Å². The minimum absolute atomic E-state index is 0.0936. The molecule has 2 bridgehead atoms. The predicted molar refractivity (Wildman–Crippen MR) is 94.8 cm³/mol. The largest absolute Gasteiger partial charge is 0.346 e. The van der Waals surface area contributed by atoms with Gasteiger partial charge in [0.15, 0.2) is 0 Å². The van der Waals surface area contributed by atoms with E-state index in [0.29, 0.717) is 23.3 Å². The van der Waals surface area contributed by atoms with Gasteiger partial charge in [-0.05, 0) is 51.8 Å². The molecule has 0 saturated carbocycles. The van der Waals surface area contributed by atoms with Crippen LogP contribution in [0.3, 0.4) is 0 Å². The Balaban J connectivity index is 1.42. The van der Waals surface area contributed by atoms with Crippen molar-refractivity contribution in [1.29, 1.82) is 0 Å². The van der Waals surface area contributed by atoms with E-state index in [4.69, 9.17) is 11.6 Å². The first-order valence-electron chi connectivity index (χ1n) is 8.77. The number of carbonyl (C=O) groups is 1. The molecule has 1 N–H and O–H groups in total. The predicted octanol–water partition coefficient (Wildman–Crippen LogP) is 1.68. The van der Waals surface area contributed by atoms with E-state index in [1.807, 2.05) is 13.8 Å². The zero-order valence-electron chi connectivity index (χ0n) is 14.6. The summed E-state index contributed by atoms with van der Waals surface area (Å²) in [6.07, 6.45) is 4.16. The lowest BCUT2D eigenvalue weighted by atomic mass is 9.84. The second-order valence-electron chi connectivity index (χ2n) is 7.08. The molecule has 3 aliphatic rings. The van der Waals surface area contributed by atoms with Gasteiger partial charge in [0.1, 0.15) is 12.4 Å². The Kier molecular flexibility index (Phi) is 4.29. The van der Waals surface area contributed by atoms with E-state index in [0.717, 1.165) is 31.0 Å². The van der Waals surface area contributed by atoms with Gasteiger partial charge in [0.05, 0.1) is 16.4 Å². The molecule has 3 saturated heterocycles. The van der Waals surface area contributed by atoms with Crippen molar-refractivity contribution < 1.29 is 4.79 Å². The quantitative estimate of drug-likeness (QED) is 0.898. The fourth-order valence-electron chi connectivity index (χ4n) is 3.88. The summed E-state index contributed by atoms with van der Waals surface area (Å²) in [5.41, 5.74) is 2.14. The Labute approximate surface area is 151 Å². The van der Waals surface area contributed by atoms with E-state index in [1.165, 1.54) is 12.8 Å². The first kappa shape index (κ1) is 16.6. The molecular formula is C17H23ClN6O. The molecule has 1 atom stereocenters. The van der Waals surface area contributed by atoms with Gasteiger partial charge in [-0.25, -0.2) is 4.68 Å². The summed E-state index contributed by atoms with van der Waals surface area (Å²) in [4.78, 5) is 15.0. The van der Waals surface area contributed by atoms with Gasteiger partial charge in [-0.15, -0.1) is 0 Å². The summed E-state index contributed by atoms with van der Waals surface area (Å²) < 4.78 is 3.50. The van der Waals surface area contributed by atoms with Crippen molar-refractivity contribution in [2.45, 2.75) is 39.4 Å². The molecular weight excluding hydrogens is 340 g/mol. The van der Waals surface area contributed by atoms with Gasteiger partial charge in [-0.1, -0.05) is 11.6 Å². The Morgan fingerprint density at radius 1 is 1.32 bits per heavy atom. The third-order valence-electron chi connectivity index (χ3n) is 5.42. The SMILES string of the molecule is Cc1nn(Cn2ccc(C(=O)NC3CN4CCC3CC4)n2)c(C)c1Cl. The van der Waals surface area contributed by atoms with Crippen molar-refractivity contribution in [3.05, 3.63) is 34.4 Å². The van der Waals surface area contributed by atoms with E-state index >= 15 is 0 Å². The lowest BCUT2D eigenvalue weighted by Crippen LogP contribution is -2.57. The number of hydrogen-bond acceptors (Lipinski definition) is 4. The number of piperidine rings is 3. The van der Waals surface area contributed by atoms with E-state index < -0.39 is 0 Å². The topological polar surface area (TPSA) is 68.0 Å². The monoisotopic (exact) mass is 362 g/mol. The Morgan fingerprint density at radius 2 is 2.08 bits per heavy atom. The van der Waals surface area contributed by atoms with Crippen LogP contribution in [0.4, 0.5) is 0 Å². The van der Waals surface area contributed by atoms with Gasteiger partial charge in [0.2, 0.25) is 0 Å². The van der Waals surface area contributed by atoms with E-state index in [-0.39, 0.29) is 11.9 Å². The molecule has 0 spiro atoms. The number of aromatic nitrogens is 4. The van der Waals surface area contributed by atoms with Gasteiger partial charge < -0.3 is 10.2 Å². The van der Waals surface area contributed by atoms with Gasteiger partial charge in [0.25, 0.3) is 5.91 Å². The van der Waals surface area contributed by atoms with E-state index in [9.17, 15) is 4.79 Å². The fourth-order valence-corrected chi connectivity index (χ4v) is 4.02. The number of halogens is 1. The Morgan fingerprint density at radius 3 is 2.68 bits per heavy atom. The average Bonchev–Trinajstić information content (AvgIpc) is 3.17. The van der Waals surface area contributed by atoms with E-state index in [2.05, 4.69) is 20.4 Å². The van der Waals surface area contributed by atoms with Gasteiger partial charge in [-0.3, -0.25) is 9.48 Å². The second-order valence-corrected chi connectivity index (χ2v) is 7.46. The van der Waals surface area contributed by atoms with Gasteiger partial charge >= 0.3 is 0 Å². The van der Waals surface area contributed by atoms with Crippen LogP contribution in [0.2, 0.25) is 5.02 Å². The first-order valence-corrected chi connectivity index (χ1v) is 9.15. The van der Waals surface area contributed by atoms with Crippen LogP contribution in [0.5, 0.6) is 0 Å². The molecule has 25 heavy (non-hydrogen) atoms. The minimum atomic E-state index is -0.0936. The number of hydrogen-bond donors (Lipinski definition) is 1. The highest BCUT2D eigenvalue weighted by Crippen LogP contribution is 2.27. The molecule has 0 aliphatic carbocycles. The number of fused-ring (bicyclic) bond motifs is 3. The average molecular weight is 363 g/mol. The smallest absolute Gasteiger partial charge is 0.272 e. The fraction of sp³-hybridized carbons (Fsp3) is 0.588. The van der Waals surface area contributed by atoms with Crippen LogP contribution in [0, 0.1) is 19.8 Å². The maximum Gasteiger partial charge on any atom is 0.272 e. The summed E-state index contributed by atoms with van der Waals surface area (Å²) in [7, 11) is 0. The maximum absolute atomic E-state index is 12.5.